The monoisotopic (exact) mass is 430 g/mol. The first-order valence-electron chi connectivity index (χ1n) is 13.1. The molecule has 0 radical (unpaired) electrons. The van der Waals surface area contributed by atoms with Gasteiger partial charge in [-0.2, -0.15) is 0 Å². The third-order valence-electron chi connectivity index (χ3n) is 7.31. The summed E-state index contributed by atoms with van der Waals surface area (Å²) in [7, 11) is 0. The Kier molecular flexibility index (Phi) is 15.1. The molecule has 0 heterocycles. The van der Waals surface area contributed by atoms with Gasteiger partial charge in [0.1, 0.15) is 0 Å². The van der Waals surface area contributed by atoms with Crippen LogP contribution in [0.5, 0.6) is 0 Å². The molecule has 3 unspecified atom stereocenters. The van der Waals surface area contributed by atoms with Crippen molar-refractivity contribution in [2.24, 2.45) is 23.2 Å². The Hall–Kier alpha value is -1.11. The predicted molar refractivity (Wildman–Crippen MR) is 140 cm³/mol. The molecular formula is C30H54O. The van der Waals surface area contributed by atoms with Gasteiger partial charge in [0.05, 0.1) is 0 Å². The maximum Gasteiger partial charge on any atom is 0.158 e. The largest absolute Gasteiger partial charge is 0.295 e. The summed E-state index contributed by atoms with van der Waals surface area (Å²) < 4.78 is 0. The van der Waals surface area contributed by atoms with Gasteiger partial charge in [0.25, 0.3) is 0 Å². The van der Waals surface area contributed by atoms with Crippen molar-refractivity contribution < 1.29 is 4.79 Å². The third-order valence-corrected chi connectivity index (χ3v) is 7.31. The van der Waals surface area contributed by atoms with E-state index in [0.717, 1.165) is 42.6 Å². The lowest BCUT2D eigenvalue weighted by Gasteiger charge is -2.42. The average Bonchev–Trinajstić information content (AvgIpc) is 3.10. The van der Waals surface area contributed by atoms with Crippen molar-refractivity contribution in [1.82, 2.24) is 0 Å². The van der Waals surface area contributed by atoms with Crippen LogP contribution < -0.4 is 0 Å². The number of rotatable bonds is 5. The molecule has 3 atom stereocenters. The molecule has 3 aliphatic rings. The summed E-state index contributed by atoms with van der Waals surface area (Å²) in [5.74, 6) is 2.74. The fraction of sp³-hybridized carbons (Fsp3) is 0.767. The number of hydrogen-bond acceptors (Lipinski definition) is 1. The second kappa shape index (κ2) is 15.7. The summed E-state index contributed by atoms with van der Waals surface area (Å²) in [6, 6.07) is 0. The van der Waals surface area contributed by atoms with Crippen molar-refractivity contribution in [3.8, 4) is 0 Å². The number of carbonyl (C=O) groups excluding carboxylic acids is 1. The molecule has 1 heteroatoms. The average molecular weight is 431 g/mol. The van der Waals surface area contributed by atoms with Gasteiger partial charge in [-0.3, -0.25) is 4.79 Å². The first-order valence-corrected chi connectivity index (χ1v) is 13.1. The summed E-state index contributed by atoms with van der Waals surface area (Å²) >= 11 is 0. The number of hydrogen-bond donors (Lipinski definition) is 0. The van der Waals surface area contributed by atoms with E-state index in [1.165, 1.54) is 51.4 Å². The Labute approximate surface area is 195 Å². The maximum absolute atomic E-state index is 12.1. The van der Waals surface area contributed by atoms with Crippen LogP contribution in [0.15, 0.2) is 35.5 Å². The SMILES string of the molecule is C.CC.CC.CC(C)C/C=C/CC1CCC2/C(=C/C=C3/CCCCC3=O)CCCC12C. The van der Waals surface area contributed by atoms with E-state index in [9.17, 15) is 4.79 Å². The molecular weight excluding hydrogens is 376 g/mol. The highest BCUT2D eigenvalue weighted by Gasteiger charge is 2.48. The summed E-state index contributed by atoms with van der Waals surface area (Å²) in [6.45, 7) is 15.1. The molecule has 1 nitrogen and oxygen atoms in total. The molecule has 0 aromatic carbocycles. The van der Waals surface area contributed by atoms with E-state index >= 15 is 0 Å². The number of carbonyl (C=O) groups is 1. The van der Waals surface area contributed by atoms with Crippen LogP contribution in [0.4, 0.5) is 0 Å². The van der Waals surface area contributed by atoms with Gasteiger partial charge in [-0.1, -0.05) is 85.8 Å². The van der Waals surface area contributed by atoms with E-state index in [-0.39, 0.29) is 7.43 Å². The Morgan fingerprint density at radius 1 is 0.935 bits per heavy atom. The highest BCUT2D eigenvalue weighted by molar-refractivity contribution is 5.96. The van der Waals surface area contributed by atoms with Gasteiger partial charge < -0.3 is 0 Å². The van der Waals surface area contributed by atoms with Crippen molar-refractivity contribution in [1.29, 1.82) is 0 Å². The molecule has 0 saturated heterocycles. The zero-order valence-electron chi connectivity index (χ0n) is 21.2. The highest BCUT2D eigenvalue weighted by atomic mass is 16.1. The van der Waals surface area contributed by atoms with Gasteiger partial charge in [-0.25, -0.2) is 0 Å². The zero-order chi connectivity index (χ0) is 22.6. The van der Waals surface area contributed by atoms with Crippen molar-refractivity contribution in [2.45, 2.75) is 127 Å². The van der Waals surface area contributed by atoms with Crippen LogP contribution in [0.25, 0.3) is 0 Å². The summed E-state index contributed by atoms with van der Waals surface area (Å²) in [5, 5.41) is 0. The van der Waals surface area contributed by atoms with Gasteiger partial charge in [-0.05, 0) is 93.0 Å². The number of ketones is 1. The van der Waals surface area contributed by atoms with Crippen LogP contribution in [0, 0.1) is 23.2 Å². The van der Waals surface area contributed by atoms with E-state index in [2.05, 4.69) is 45.1 Å². The highest BCUT2D eigenvalue weighted by Crippen LogP contribution is 2.58. The lowest BCUT2D eigenvalue weighted by Crippen LogP contribution is -2.33. The van der Waals surface area contributed by atoms with Crippen molar-refractivity contribution in [3.05, 3.63) is 35.5 Å². The fourth-order valence-electron chi connectivity index (χ4n) is 5.65. The van der Waals surface area contributed by atoms with E-state index in [1.54, 1.807) is 5.57 Å². The topological polar surface area (TPSA) is 17.1 Å². The predicted octanol–water partition coefficient (Wildman–Crippen LogP) is 9.88. The number of fused-ring (bicyclic) bond motifs is 1. The second-order valence-corrected chi connectivity index (χ2v) is 9.59. The molecule has 31 heavy (non-hydrogen) atoms. The molecule has 0 spiro atoms. The van der Waals surface area contributed by atoms with Gasteiger partial charge in [0.15, 0.2) is 5.78 Å². The maximum atomic E-state index is 12.1. The van der Waals surface area contributed by atoms with E-state index < -0.39 is 0 Å². The van der Waals surface area contributed by atoms with Gasteiger partial charge >= 0.3 is 0 Å². The van der Waals surface area contributed by atoms with Crippen LogP contribution in [0.3, 0.4) is 0 Å². The first kappa shape index (κ1) is 29.9. The van der Waals surface area contributed by atoms with Gasteiger partial charge in [0.2, 0.25) is 0 Å². The Balaban J connectivity index is 0.00000170. The second-order valence-electron chi connectivity index (χ2n) is 9.59. The lowest BCUT2D eigenvalue weighted by atomic mass is 9.63. The van der Waals surface area contributed by atoms with E-state index in [1.807, 2.05) is 27.7 Å². The van der Waals surface area contributed by atoms with Gasteiger partial charge in [-0.15, -0.1) is 0 Å². The van der Waals surface area contributed by atoms with Gasteiger partial charge in [0, 0.05) is 6.42 Å². The van der Waals surface area contributed by atoms with E-state index in [0.29, 0.717) is 11.2 Å². The molecule has 0 aliphatic heterocycles. The molecule has 3 aliphatic carbocycles. The molecule has 0 aromatic rings. The quantitative estimate of drug-likeness (QED) is 0.313. The fourth-order valence-corrected chi connectivity index (χ4v) is 5.65. The lowest BCUT2D eigenvalue weighted by molar-refractivity contribution is -0.116. The normalized spacial score (nSPS) is 30.4. The molecule has 0 amide bonds. The van der Waals surface area contributed by atoms with Crippen molar-refractivity contribution >= 4 is 5.78 Å². The number of Topliss-reactive ketones (excluding diaryl/α,β-unsaturated/α-hetero) is 1. The molecule has 0 bridgehead atoms. The minimum Gasteiger partial charge on any atom is -0.295 e. The Bertz CT molecular complexity index is 592. The minimum absolute atomic E-state index is 0. The van der Waals surface area contributed by atoms with Crippen molar-refractivity contribution in [2.75, 3.05) is 0 Å². The van der Waals surface area contributed by atoms with Crippen LogP contribution in [-0.2, 0) is 4.79 Å². The smallest absolute Gasteiger partial charge is 0.158 e. The molecule has 180 valence electrons. The first-order chi connectivity index (χ1) is 14.5. The summed E-state index contributed by atoms with van der Waals surface area (Å²) in [6.07, 6.45) is 22.6. The Morgan fingerprint density at radius 2 is 1.61 bits per heavy atom. The van der Waals surface area contributed by atoms with Crippen LogP contribution in [0.1, 0.15) is 127 Å². The van der Waals surface area contributed by atoms with Crippen molar-refractivity contribution in [3.63, 3.8) is 0 Å². The minimum atomic E-state index is 0. The van der Waals surface area contributed by atoms with Crippen LogP contribution in [0.2, 0.25) is 0 Å². The standard InChI is InChI=1S/C25H38O.2C2H6.CH4/c1-19(2)9-4-6-12-22-16-17-23-20(11-8-18-25(22,23)3)14-15-21-10-5-7-13-24(21)26;2*1-2;/h4,6,14-15,19,22-23H,5,7-13,16-18H2,1-3H3;2*1-2H3;1H4/b6-4+,20-14+,21-15-;;;. The molecule has 3 fully saturated rings. The molecule has 3 rings (SSSR count). The zero-order valence-corrected chi connectivity index (χ0v) is 21.2. The summed E-state index contributed by atoms with van der Waals surface area (Å²) in [5.41, 5.74) is 3.20. The third kappa shape index (κ3) is 8.39. The molecule has 0 N–H and O–H groups in total. The van der Waals surface area contributed by atoms with E-state index in [4.69, 9.17) is 0 Å². The molecule has 3 saturated carbocycles. The molecule has 0 aromatic heterocycles. The Morgan fingerprint density at radius 3 is 2.26 bits per heavy atom. The summed E-state index contributed by atoms with van der Waals surface area (Å²) in [4.78, 5) is 12.1. The number of allylic oxidation sites excluding steroid dienone is 6. The van der Waals surface area contributed by atoms with Crippen LogP contribution in [-0.4, -0.2) is 5.78 Å². The van der Waals surface area contributed by atoms with Crippen LogP contribution >= 0.6 is 0 Å².